The first-order valence-corrected chi connectivity index (χ1v) is 10.2. The zero-order valence-corrected chi connectivity index (χ0v) is 17.4. The van der Waals surface area contributed by atoms with Crippen LogP contribution in [-0.4, -0.2) is 27.6 Å². The predicted octanol–water partition coefficient (Wildman–Crippen LogP) is 4.09. The van der Waals surface area contributed by atoms with Gasteiger partial charge in [0.05, 0.1) is 18.1 Å². The number of carbonyl (C=O) groups is 1. The highest BCUT2D eigenvalue weighted by Crippen LogP contribution is 2.31. The SMILES string of the molecule is COc1ccc(-n2c(N)c(C(=O)NCc3ccccc3)c3nc4ccccc4nc32)cc1. The van der Waals surface area contributed by atoms with Crippen molar-refractivity contribution < 1.29 is 9.53 Å². The number of methoxy groups -OCH3 is 1. The van der Waals surface area contributed by atoms with Crippen molar-refractivity contribution in [3.8, 4) is 11.4 Å². The molecule has 1 amide bonds. The van der Waals surface area contributed by atoms with Gasteiger partial charge >= 0.3 is 0 Å². The Kier molecular flexibility index (Phi) is 4.91. The average Bonchev–Trinajstić information content (AvgIpc) is 3.12. The Labute approximate surface area is 184 Å². The fourth-order valence-electron chi connectivity index (χ4n) is 3.74. The van der Waals surface area contributed by atoms with Gasteiger partial charge in [-0.1, -0.05) is 42.5 Å². The lowest BCUT2D eigenvalue weighted by Crippen LogP contribution is -2.23. The Morgan fingerprint density at radius 3 is 2.28 bits per heavy atom. The highest BCUT2D eigenvalue weighted by atomic mass is 16.5. The van der Waals surface area contributed by atoms with Crippen molar-refractivity contribution >= 4 is 33.9 Å². The number of para-hydroxylation sites is 2. The molecule has 0 saturated heterocycles. The van der Waals surface area contributed by atoms with Crippen LogP contribution in [0.25, 0.3) is 27.9 Å². The third-order valence-electron chi connectivity index (χ3n) is 5.35. The predicted molar refractivity (Wildman–Crippen MR) is 125 cm³/mol. The van der Waals surface area contributed by atoms with E-state index in [1.807, 2.05) is 78.9 Å². The maximum absolute atomic E-state index is 13.2. The average molecular weight is 423 g/mol. The lowest BCUT2D eigenvalue weighted by molar-refractivity contribution is 0.0953. The third kappa shape index (κ3) is 3.39. The highest BCUT2D eigenvalue weighted by Gasteiger charge is 2.24. The second-order valence-electron chi connectivity index (χ2n) is 7.35. The van der Waals surface area contributed by atoms with Gasteiger partial charge in [0.2, 0.25) is 0 Å². The molecule has 0 atom stereocenters. The Bertz CT molecular complexity index is 1430. The molecule has 0 bridgehead atoms. The van der Waals surface area contributed by atoms with E-state index in [0.29, 0.717) is 28.8 Å². The van der Waals surface area contributed by atoms with Crippen LogP contribution in [-0.2, 0) is 6.54 Å². The molecule has 5 aromatic rings. The summed E-state index contributed by atoms with van der Waals surface area (Å²) in [6.07, 6.45) is 0. The standard InChI is InChI=1S/C25H21N5O2/c1-32-18-13-11-17(12-14-18)30-23(26)21(25(31)27-15-16-7-3-2-4-8-16)22-24(30)29-20-10-6-5-9-19(20)28-22/h2-14H,15,26H2,1H3,(H,27,31). The molecule has 158 valence electrons. The first kappa shape index (κ1) is 19.6. The van der Waals surface area contributed by atoms with Crippen molar-refractivity contribution in [1.82, 2.24) is 19.9 Å². The monoisotopic (exact) mass is 423 g/mol. The summed E-state index contributed by atoms with van der Waals surface area (Å²) < 4.78 is 7.02. The van der Waals surface area contributed by atoms with E-state index in [0.717, 1.165) is 22.5 Å². The molecule has 3 aromatic carbocycles. The van der Waals surface area contributed by atoms with Crippen LogP contribution in [0.3, 0.4) is 0 Å². The normalized spacial score (nSPS) is 11.0. The summed E-state index contributed by atoms with van der Waals surface area (Å²) in [4.78, 5) is 22.8. The summed E-state index contributed by atoms with van der Waals surface area (Å²) in [6.45, 7) is 0.384. The van der Waals surface area contributed by atoms with Gasteiger partial charge in [-0.05, 0) is 42.0 Å². The largest absolute Gasteiger partial charge is 0.497 e. The van der Waals surface area contributed by atoms with Crippen LogP contribution >= 0.6 is 0 Å². The van der Waals surface area contributed by atoms with Crippen LogP contribution in [0.4, 0.5) is 5.82 Å². The zero-order valence-electron chi connectivity index (χ0n) is 17.4. The van der Waals surface area contributed by atoms with Gasteiger partial charge in [0.15, 0.2) is 5.65 Å². The van der Waals surface area contributed by atoms with Gasteiger partial charge in [-0.15, -0.1) is 0 Å². The number of ether oxygens (including phenoxy) is 1. The topological polar surface area (TPSA) is 95.1 Å². The molecule has 3 N–H and O–H groups in total. The van der Waals surface area contributed by atoms with E-state index in [-0.39, 0.29) is 11.7 Å². The molecule has 0 aliphatic carbocycles. The van der Waals surface area contributed by atoms with E-state index < -0.39 is 0 Å². The van der Waals surface area contributed by atoms with Crippen molar-refractivity contribution in [3.63, 3.8) is 0 Å². The first-order chi connectivity index (χ1) is 15.7. The molecule has 7 nitrogen and oxygen atoms in total. The van der Waals surface area contributed by atoms with E-state index in [1.54, 1.807) is 11.7 Å². The summed E-state index contributed by atoms with van der Waals surface area (Å²) in [5, 5.41) is 2.96. The molecule has 2 heterocycles. The van der Waals surface area contributed by atoms with Crippen molar-refractivity contribution in [2.24, 2.45) is 0 Å². The van der Waals surface area contributed by atoms with Gasteiger partial charge in [0, 0.05) is 12.2 Å². The lowest BCUT2D eigenvalue weighted by Gasteiger charge is -2.09. The molecule has 7 heteroatoms. The summed E-state index contributed by atoms with van der Waals surface area (Å²) >= 11 is 0. The lowest BCUT2D eigenvalue weighted by atomic mass is 10.2. The molecule has 0 aliphatic rings. The zero-order chi connectivity index (χ0) is 22.1. The maximum Gasteiger partial charge on any atom is 0.257 e. The van der Waals surface area contributed by atoms with E-state index in [4.69, 9.17) is 20.4 Å². The summed E-state index contributed by atoms with van der Waals surface area (Å²) in [5.74, 6) is 0.709. The van der Waals surface area contributed by atoms with Gasteiger partial charge in [0.25, 0.3) is 5.91 Å². The molecule has 0 saturated carbocycles. The van der Waals surface area contributed by atoms with Gasteiger partial charge in [-0.3, -0.25) is 9.36 Å². The second-order valence-corrected chi connectivity index (χ2v) is 7.35. The highest BCUT2D eigenvalue weighted by molar-refractivity contribution is 6.11. The second kappa shape index (κ2) is 8.03. The number of nitrogens with one attached hydrogen (secondary N) is 1. The number of aromatic nitrogens is 3. The Morgan fingerprint density at radius 1 is 0.938 bits per heavy atom. The number of amides is 1. The first-order valence-electron chi connectivity index (χ1n) is 10.2. The number of nitrogen functional groups attached to an aromatic ring is 1. The number of nitrogens with two attached hydrogens (primary N) is 1. The number of hydrogen-bond acceptors (Lipinski definition) is 5. The number of rotatable bonds is 5. The van der Waals surface area contributed by atoms with E-state index in [9.17, 15) is 4.79 Å². The minimum Gasteiger partial charge on any atom is -0.497 e. The summed E-state index contributed by atoms with van der Waals surface area (Å²) in [6, 6.07) is 24.7. The minimum absolute atomic E-state index is 0.283. The van der Waals surface area contributed by atoms with Crippen LogP contribution in [0.2, 0.25) is 0 Å². The van der Waals surface area contributed by atoms with Gasteiger partial charge in [-0.25, -0.2) is 9.97 Å². The van der Waals surface area contributed by atoms with Crippen molar-refractivity contribution in [2.75, 3.05) is 12.8 Å². The summed E-state index contributed by atoms with van der Waals surface area (Å²) in [7, 11) is 1.61. The number of benzene rings is 3. The van der Waals surface area contributed by atoms with Gasteiger partial charge in [0.1, 0.15) is 22.6 Å². The van der Waals surface area contributed by atoms with E-state index in [1.165, 1.54) is 0 Å². The molecule has 0 radical (unpaired) electrons. The van der Waals surface area contributed by atoms with Gasteiger partial charge in [-0.2, -0.15) is 0 Å². The number of carbonyl (C=O) groups excluding carboxylic acids is 1. The fraction of sp³-hybridized carbons (Fsp3) is 0.0800. The minimum atomic E-state index is -0.298. The Balaban J connectivity index is 1.66. The van der Waals surface area contributed by atoms with Crippen molar-refractivity contribution in [3.05, 3.63) is 90.0 Å². The molecule has 32 heavy (non-hydrogen) atoms. The van der Waals surface area contributed by atoms with Crippen LogP contribution < -0.4 is 15.8 Å². The van der Waals surface area contributed by atoms with E-state index in [2.05, 4.69) is 5.32 Å². The number of fused-ring (bicyclic) bond motifs is 2. The third-order valence-corrected chi connectivity index (χ3v) is 5.35. The number of anilines is 1. The molecule has 0 spiro atoms. The number of hydrogen-bond donors (Lipinski definition) is 2. The summed E-state index contributed by atoms with van der Waals surface area (Å²) in [5.41, 5.74) is 11.0. The van der Waals surface area contributed by atoms with Crippen LogP contribution in [0.1, 0.15) is 15.9 Å². The Morgan fingerprint density at radius 2 is 1.59 bits per heavy atom. The smallest absolute Gasteiger partial charge is 0.257 e. The molecular formula is C25H21N5O2. The van der Waals surface area contributed by atoms with Crippen LogP contribution in [0.5, 0.6) is 5.75 Å². The maximum atomic E-state index is 13.2. The Hall–Kier alpha value is -4.39. The van der Waals surface area contributed by atoms with Crippen LogP contribution in [0.15, 0.2) is 78.9 Å². The quantitative estimate of drug-likeness (QED) is 0.444. The van der Waals surface area contributed by atoms with Crippen LogP contribution in [0, 0.1) is 0 Å². The molecule has 5 rings (SSSR count). The van der Waals surface area contributed by atoms with Crippen molar-refractivity contribution in [2.45, 2.75) is 6.54 Å². The fourth-order valence-corrected chi connectivity index (χ4v) is 3.74. The molecule has 0 aliphatic heterocycles. The molecule has 0 fully saturated rings. The van der Waals surface area contributed by atoms with Gasteiger partial charge < -0.3 is 15.8 Å². The molecule has 0 unspecified atom stereocenters. The van der Waals surface area contributed by atoms with E-state index >= 15 is 0 Å². The number of nitrogens with zero attached hydrogens (tertiary/aromatic N) is 3. The molecule has 2 aromatic heterocycles. The molecular weight excluding hydrogens is 402 g/mol. The van der Waals surface area contributed by atoms with Crippen molar-refractivity contribution in [1.29, 1.82) is 0 Å².